The Morgan fingerprint density at radius 2 is 1.67 bits per heavy atom. The Bertz CT molecular complexity index is 652. The molecule has 1 aliphatic rings. The number of rotatable bonds is 7. The SMILES string of the molecule is O=C(CCS(=O)(=O)c1ccccc1)NCC(=O)NC1CCCCC1. The van der Waals surface area contributed by atoms with Crippen molar-refractivity contribution < 1.29 is 18.0 Å². The summed E-state index contributed by atoms with van der Waals surface area (Å²) in [6, 6.07) is 8.22. The zero-order valence-electron chi connectivity index (χ0n) is 13.7. The average molecular weight is 352 g/mol. The fourth-order valence-corrected chi connectivity index (χ4v) is 4.03. The zero-order valence-corrected chi connectivity index (χ0v) is 14.5. The van der Waals surface area contributed by atoms with Gasteiger partial charge in [0.1, 0.15) is 0 Å². The number of carbonyl (C=O) groups is 2. The van der Waals surface area contributed by atoms with E-state index < -0.39 is 15.7 Å². The van der Waals surface area contributed by atoms with Crippen molar-refractivity contribution in [3.63, 3.8) is 0 Å². The van der Waals surface area contributed by atoms with Gasteiger partial charge in [-0.3, -0.25) is 9.59 Å². The summed E-state index contributed by atoms with van der Waals surface area (Å²) >= 11 is 0. The first kappa shape index (κ1) is 18.4. The van der Waals surface area contributed by atoms with Gasteiger partial charge in [0.05, 0.1) is 17.2 Å². The maximum Gasteiger partial charge on any atom is 0.239 e. The van der Waals surface area contributed by atoms with Crippen molar-refractivity contribution in [1.82, 2.24) is 10.6 Å². The Balaban J connectivity index is 1.70. The maximum absolute atomic E-state index is 12.1. The molecule has 0 aromatic heterocycles. The molecule has 0 saturated heterocycles. The fourth-order valence-electron chi connectivity index (χ4n) is 2.77. The lowest BCUT2D eigenvalue weighted by molar-refractivity contribution is -0.126. The second kappa shape index (κ2) is 8.82. The van der Waals surface area contributed by atoms with Crippen LogP contribution >= 0.6 is 0 Å². The van der Waals surface area contributed by atoms with Crippen LogP contribution in [-0.4, -0.2) is 38.6 Å². The molecule has 0 aliphatic heterocycles. The van der Waals surface area contributed by atoms with Gasteiger partial charge in [-0.1, -0.05) is 37.5 Å². The first-order chi connectivity index (χ1) is 11.5. The summed E-state index contributed by atoms with van der Waals surface area (Å²) in [5, 5.41) is 5.38. The van der Waals surface area contributed by atoms with E-state index in [-0.39, 0.29) is 35.6 Å². The zero-order chi connectivity index (χ0) is 17.4. The van der Waals surface area contributed by atoms with E-state index in [1.54, 1.807) is 18.2 Å². The minimum absolute atomic E-state index is 0.110. The molecule has 2 rings (SSSR count). The second-order valence-corrected chi connectivity index (χ2v) is 8.17. The van der Waals surface area contributed by atoms with E-state index in [9.17, 15) is 18.0 Å². The van der Waals surface area contributed by atoms with Crippen molar-refractivity contribution in [3.8, 4) is 0 Å². The summed E-state index contributed by atoms with van der Waals surface area (Å²) in [5.74, 6) is -0.929. The van der Waals surface area contributed by atoms with Crippen molar-refractivity contribution in [1.29, 1.82) is 0 Å². The summed E-state index contributed by atoms with van der Waals surface area (Å²) in [7, 11) is -3.48. The molecule has 0 radical (unpaired) electrons. The summed E-state index contributed by atoms with van der Waals surface area (Å²) in [6.07, 6.45) is 5.25. The molecule has 24 heavy (non-hydrogen) atoms. The monoisotopic (exact) mass is 352 g/mol. The molecule has 7 heteroatoms. The summed E-state index contributed by atoms with van der Waals surface area (Å²) in [4.78, 5) is 23.8. The molecule has 0 atom stereocenters. The summed E-state index contributed by atoms with van der Waals surface area (Å²) < 4.78 is 24.2. The van der Waals surface area contributed by atoms with Gasteiger partial charge >= 0.3 is 0 Å². The highest BCUT2D eigenvalue weighted by molar-refractivity contribution is 7.91. The van der Waals surface area contributed by atoms with Crippen LogP contribution < -0.4 is 10.6 Å². The number of carbonyl (C=O) groups excluding carboxylic acids is 2. The van der Waals surface area contributed by atoms with Crippen molar-refractivity contribution in [2.45, 2.75) is 49.5 Å². The van der Waals surface area contributed by atoms with Crippen LogP contribution in [0.1, 0.15) is 38.5 Å². The molecule has 2 amide bonds. The van der Waals surface area contributed by atoms with Gasteiger partial charge in [0.25, 0.3) is 0 Å². The summed E-state index contributed by atoms with van der Waals surface area (Å²) in [5.41, 5.74) is 0. The number of nitrogens with one attached hydrogen (secondary N) is 2. The van der Waals surface area contributed by atoms with Gasteiger partial charge in [0.2, 0.25) is 11.8 Å². The lowest BCUT2D eigenvalue weighted by atomic mass is 9.95. The van der Waals surface area contributed by atoms with E-state index in [4.69, 9.17) is 0 Å². The number of sulfone groups is 1. The summed E-state index contributed by atoms with van der Waals surface area (Å²) in [6.45, 7) is -0.110. The molecule has 1 aromatic carbocycles. The molecular formula is C17H24N2O4S. The van der Waals surface area contributed by atoms with E-state index in [1.807, 2.05) is 0 Å². The normalized spacial score (nSPS) is 15.7. The molecule has 1 fully saturated rings. The lowest BCUT2D eigenvalue weighted by Crippen LogP contribution is -2.42. The van der Waals surface area contributed by atoms with Crippen LogP contribution in [0.4, 0.5) is 0 Å². The van der Waals surface area contributed by atoms with Gasteiger partial charge in [-0.15, -0.1) is 0 Å². The van der Waals surface area contributed by atoms with Crippen LogP contribution in [0, 0.1) is 0 Å². The van der Waals surface area contributed by atoms with Crippen LogP contribution in [0.25, 0.3) is 0 Å². The standard InChI is InChI=1S/C17H24N2O4S/c20-16(11-12-24(22,23)15-9-5-2-6-10-15)18-13-17(21)19-14-7-3-1-4-8-14/h2,5-6,9-10,14H,1,3-4,7-8,11-13H2,(H,18,20)(H,19,21). The third kappa shape index (κ3) is 5.96. The molecule has 132 valence electrons. The van der Waals surface area contributed by atoms with Crippen molar-refractivity contribution in [2.24, 2.45) is 0 Å². The van der Waals surface area contributed by atoms with Gasteiger partial charge in [0, 0.05) is 12.5 Å². The molecule has 0 spiro atoms. The second-order valence-electron chi connectivity index (χ2n) is 6.06. The van der Waals surface area contributed by atoms with Gasteiger partial charge in [-0.05, 0) is 25.0 Å². The predicted molar refractivity (Wildman–Crippen MR) is 91.1 cm³/mol. The molecule has 0 bridgehead atoms. The predicted octanol–water partition coefficient (Wildman–Crippen LogP) is 1.42. The van der Waals surface area contributed by atoms with Crippen LogP contribution in [0.5, 0.6) is 0 Å². The lowest BCUT2D eigenvalue weighted by Gasteiger charge is -2.22. The van der Waals surface area contributed by atoms with E-state index in [2.05, 4.69) is 10.6 Å². The van der Waals surface area contributed by atoms with Crippen molar-refractivity contribution in [3.05, 3.63) is 30.3 Å². The molecule has 6 nitrogen and oxygen atoms in total. The largest absolute Gasteiger partial charge is 0.352 e. The Morgan fingerprint density at radius 3 is 2.33 bits per heavy atom. The minimum atomic E-state index is -3.48. The first-order valence-electron chi connectivity index (χ1n) is 8.31. The van der Waals surface area contributed by atoms with Crippen LogP contribution in [0.3, 0.4) is 0 Å². The van der Waals surface area contributed by atoms with E-state index in [1.165, 1.54) is 18.6 Å². The Morgan fingerprint density at radius 1 is 1.00 bits per heavy atom. The average Bonchev–Trinajstić information content (AvgIpc) is 2.60. The van der Waals surface area contributed by atoms with E-state index in [0.29, 0.717) is 0 Å². The molecular weight excluding hydrogens is 328 g/mol. The molecule has 0 heterocycles. The molecule has 1 aromatic rings. The quantitative estimate of drug-likeness (QED) is 0.776. The van der Waals surface area contributed by atoms with Crippen molar-refractivity contribution in [2.75, 3.05) is 12.3 Å². The fraction of sp³-hybridized carbons (Fsp3) is 0.529. The highest BCUT2D eigenvalue weighted by atomic mass is 32.2. The smallest absolute Gasteiger partial charge is 0.239 e. The Kier molecular flexibility index (Phi) is 6.78. The third-order valence-electron chi connectivity index (χ3n) is 4.12. The van der Waals surface area contributed by atoms with Crippen LogP contribution in [0.2, 0.25) is 0 Å². The number of benzene rings is 1. The number of hydrogen-bond acceptors (Lipinski definition) is 4. The molecule has 0 unspecified atom stereocenters. The van der Waals surface area contributed by atoms with Gasteiger partial charge in [0.15, 0.2) is 9.84 Å². The van der Waals surface area contributed by atoms with Crippen LogP contribution in [-0.2, 0) is 19.4 Å². The first-order valence-corrected chi connectivity index (χ1v) is 9.96. The van der Waals surface area contributed by atoms with E-state index in [0.717, 1.165) is 25.7 Å². The Hall–Kier alpha value is -1.89. The highest BCUT2D eigenvalue weighted by Gasteiger charge is 2.18. The van der Waals surface area contributed by atoms with Gasteiger partial charge in [-0.25, -0.2) is 8.42 Å². The number of amides is 2. The topological polar surface area (TPSA) is 92.3 Å². The van der Waals surface area contributed by atoms with E-state index >= 15 is 0 Å². The third-order valence-corrected chi connectivity index (χ3v) is 5.85. The highest BCUT2D eigenvalue weighted by Crippen LogP contribution is 2.17. The molecule has 1 saturated carbocycles. The van der Waals surface area contributed by atoms with Gasteiger partial charge < -0.3 is 10.6 Å². The maximum atomic E-state index is 12.1. The Labute approximate surface area is 142 Å². The van der Waals surface area contributed by atoms with Gasteiger partial charge in [-0.2, -0.15) is 0 Å². The number of hydrogen-bond donors (Lipinski definition) is 2. The van der Waals surface area contributed by atoms with Crippen LogP contribution in [0.15, 0.2) is 35.2 Å². The minimum Gasteiger partial charge on any atom is -0.352 e. The molecule has 2 N–H and O–H groups in total. The molecule has 1 aliphatic carbocycles. The van der Waals surface area contributed by atoms with Crippen molar-refractivity contribution >= 4 is 21.7 Å².